The standard InChI is InChI=1S/C17H25NO/c1-4-6-10-16(19-5-2)13-15-12-14-9-7-8-11-17(14)18(15)3/h7-9,11,13,15H,4-6,10,12H2,1-3H3/b16-13+. The fourth-order valence-electron chi connectivity index (χ4n) is 2.69. The van der Waals surface area contributed by atoms with Crippen molar-refractivity contribution in [1.29, 1.82) is 0 Å². The number of likely N-dealkylation sites (N-methyl/N-ethyl adjacent to an activating group) is 1. The number of hydrogen-bond donors (Lipinski definition) is 0. The van der Waals surface area contributed by atoms with E-state index < -0.39 is 0 Å². The number of para-hydroxylation sites is 1. The van der Waals surface area contributed by atoms with Gasteiger partial charge in [0.2, 0.25) is 0 Å². The first-order valence-electron chi connectivity index (χ1n) is 7.40. The molecule has 1 heterocycles. The average Bonchev–Trinajstić information content (AvgIpc) is 2.74. The molecular formula is C17H25NO. The van der Waals surface area contributed by atoms with E-state index in [2.05, 4.69) is 56.1 Å². The van der Waals surface area contributed by atoms with Crippen LogP contribution in [-0.2, 0) is 11.2 Å². The zero-order chi connectivity index (χ0) is 13.7. The molecule has 1 aromatic carbocycles. The minimum absolute atomic E-state index is 0.441. The first-order valence-corrected chi connectivity index (χ1v) is 7.40. The van der Waals surface area contributed by atoms with Gasteiger partial charge in [0.15, 0.2) is 0 Å². The third-order valence-electron chi connectivity index (χ3n) is 3.78. The molecule has 1 aliphatic rings. The summed E-state index contributed by atoms with van der Waals surface area (Å²) in [5.41, 5.74) is 2.80. The SMILES string of the molecule is CCCC/C(=C\C1Cc2ccccc2N1C)OCC. The Labute approximate surface area is 117 Å². The Morgan fingerprint density at radius 3 is 2.84 bits per heavy atom. The Hall–Kier alpha value is -1.44. The monoisotopic (exact) mass is 259 g/mol. The number of ether oxygens (including phenoxy) is 1. The Morgan fingerprint density at radius 1 is 1.37 bits per heavy atom. The molecule has 0 saturated heterocycles. The molecule has 0 aliphatic carbocycles. The minimum Gasteiger partial charge on any atom is -0.498 e. The highest BCUT2D eigenvalue weighted by atomic mass is 16.5. The van der Waals surface area contributed by atoms with Crippen molar-refractivity contribution in [2.24, 2.45) is 0 Å². The third kappa shape index (κ3) is 3.31. The third-order valence-corrected chi connectivity index (χ3v) is 3.78. The van der Waals surface area contributed by atoms with E-state index in [1.807, 2.05) is 0 Å². The molecule has 2 heteroatoms. The smallest absolute Gasteiger partial charge is 0.0940 e. The quantitative estimate of drug-likeness (QED) is 0.711. The van der Waals surface area contributed by atoms with Crippen LogP contribution in [0.2, 0.25) is 0 Å². The van der Waals surface area contributed by atoms with Gasteiger partial charge < -0.3 is 9.64 Å². The van der Waals surface area contributed by atoms with Gasteiger partial charge in [-0.3, -0.25) is 0 Å². The molecule has 2 rings (SSSR count). The molecule has 0 radical (unpaired) electrons. The van der Waals surface area contributed by atoms with Crippen LogP contribution in [0.25, 0.3) is 0 Å². The van der Waals surface area contributed by atoms with E-state index in [-0.39, 0.29) is 0 Å². The zero-order valence-electron chi connectivity index (χ0n) is 12.4. The van der Waals surface area contributed by atoms with Crippen LogP contribution < -0.4 is 4.90 Å². The van der Waals surface area contributed by atoms with Crippen molar-refractivity contribution in [3.63, 3.8) is 0 Å². The van der Waals surface area contributed by atoms with Crippen LogP contribution in [0.4, 0.5) is 5.69 Å². The molecular weight excluding hydrogens is 234 g/mol. The maximum atomic E-state index is 5.79. The Balaban J connectivity index is 2.10. The maximum absolute atomic E-state index is 5.79. The lowest BCUT2D eigenvalue weighted by Crippen LogP contribution is -2.26. The normalized spacial score (nSPS) is 18.6. The van der Waals surface area contributed by atoms with Gasteiger partial charge in [-0.1, -0.05) is 31.5 Å². The van der Waals surface area contributed by atoms with Crippen molar-refractivity contribution >= 4 is 5.69 Å². The molecule has 2 nitrogen and oxygen atoms in total. The van der Waals surface area contributed by atoms with Crippen molar-refractivity contribution in [1.82, 2.24) is 0 Å². The van der Waals surface area contributed by atoms with Gasteiger partial charge in [0.1, 0.15) is 0 Å². The van der Waals surface area contributed by atoms with Gasteiger partial charge in [0.05, 0.1) is 18.4 Å². The molecule has 1 unspecified atom stereocenters. The molecule has 0 bridgehead atoms. The fraction of sp³-hybridized carbons (Fsp3) is 0.529. The van der Waals surface area contributed by atoms with E-state index in [0.29, 0.717) is 6.04 Å². The van der Waals surface area contributed by atoms with E-state index in [0.717, 1.165) is 25.2 Å². The summed E-state index contributed by atoms with van der Waals surface area (Å²) in [6.45, 7) is 5.05. The lowest BCUT2D eigenvalue weighted by Gasteiger charge is -2.21. The second kappa shape index (κ2) is 6.65. The van der Waals surface area contributed by atoms with Crippen molar-refractivity contribution in [2.75, 3.05) is 18.6 Å². The molecule has 0 fully saturated rings. The second-order valence-electron chi connectivity index (χ2n) is 5.18. The van der Waals surface area contributed by atoms with Crippen LogP contribution in [0.15, 0.2) is 36.1 Å². The largest absolute Gasteiger partial charge is 0.498 e. The highest BCUT2D eigenvalue weighted by Crippen LogP contribution is 2.31. The number of anilines is 1. The number of fused-ring (bicyclic) bond motifs is 1. The highest BCUT2D eigenvalue weighted by Gasteiger charge is 2.24. The lowest BCUT2D eigenvalue weighted by atomic mass is 10.1. The molecule has 1 aromatic rings. The maximum Gasteiger partial charge on any atom is 0.0940 e. The van der Waals surface area contributed by atoms with Crippen LogP contribution in [-0.4, -0.2) is 19.7 Å². The molecule has 1 atom stereocenters. The van der Waals surface area contributed by atoms with E-state index in [1.165, 1.54) is 24.1 Å². The van der Waals surface area contributed by atoms with Crippen LogP contribution in [0.1, 0.15) is 38.7 Å². The molecule has 0 aromatic heterocycles. The first-order chi connectivity index (χ1) is 9.26. The summed E-state index contributed by atoms with van der Waals surface area (Å²) in [7, 11) is 2.18. The highest BCUT2D eigenvalue weighted by molar-refractivity contribution is 5.59. The van der Waals surface area contributed by atoms with Crippen molar-refractivity contribution in [3.8, 4) is 0 Å². The van der Waals surface area contributed by atoms with Gasteiger partial charge in [0.25, 0.3) is 0 Å². The summed E-state index contributed by atoms with van der Waals surface area (Å²) in [5, 5.41) is 0. The summed E-state index contributed by atoms with van der Waals surface area (Å²) < 4.78 is 5.79. The van der Waals surface area contributed by atoms with Crippen LogP contribution in [0.5, 0.6) is 0 Å². The topological polar surface area (TPSA) is 12.5 Å². The van der Waals surface area contributed by atoms with E-state index in [9.17, 15) is 0 Å². The van der Waals surface area contributed by atoms with Gasteiger partial charge in [-0.25, -0.2) is 0 Å². The van der Waals surface area contributed by atoms with Gasteiger partial charge in [-0.15, -0.1) is 0 Å². The number of rotatable bonds is 6. The van der Waals surface area contributed by atoms with Crippen molar-refractivity contribution in [2.45, 2.75) is 45.6 Å². The van der Waals surface area contributed by atoms with Crippen molar-refractivity contribution < 1.29 is 4.74 Å². The summed E-state index contributed by atoms with van der Waals surface area (Å²) in [5.74, 6) is 1.16. The number of benzene rings is 1. The summed E-state index contributed by atoms with van der Waals surface area (Å²) >= 11 is 0. The van der Waals surface area contributed by atoms with Gasteiger partial charge in [0, 0.05) is 19.2 Å². The Kier molecular flexibility index (Phi) is 4.89. The fourth-order valence-corrected chi connectivity index (χ4v) is 2.69. The Morgan fingerprint density at radius 2 is 2.16 bits per heavy atom. The number of nitrogens with zero attached hydrogens (tertiary/aromatic N) is 1. The summed E-state index contributed by atoms with van der Waals surface area (Å²) in [6, 6.07) is 9.11. The van der Waals surface area contributed by atoms with Crippen molar-refractivity contribution in [3.05, 3.63) is 41.7 Å². The lowest BCUT2D eigenvalue weighted by molar-refractivity contribution is 0.214. The van der Waals surface area contributed by atoms with Crippen LogP contribution >= 0.6 is 0 Å². The summed E-state index contributed by atoms with van der Waals surface area (Å²) in [6.07, 6.45) is 6.89. The molecule has 0 N–H and O–H groups in total. The zero-order valence-corrected chi connectivity index (χ0v) is 12.4. The molecule has 104 valence electrons. The Bertz CT molecular complexity index is 439. The van der Waals surface area contributed by atoms with E-state index >= 15 is 0 Å². The second-order valence-corrected chi connectivity index (χ2v) is 5.18. The average molecular weight is 259 g/mol. The molecule has 0 spiro atoms. The number of unbranched alkanes of at least 4 members (excludes halogenated alkanes) is 1. The number of hydrogen-bond acceptors (Lipinski definition) is 2. The van der Waals surface area contributed by atoms with Crippen LogP contribution in [0.3, 0.4) is 0 Å². The van der Waals surface area contributed by atoms with Crippen LogP contribution in [0, 0.1) is 0 Å². The van der Waals surface area contributed by atoms with E-state index in [1.54, 1.807) is 0 Å². The molecule has 0 amide bonds. The van der Waals surface area contributed by atoms with E-state index in [4.69, 9.17) is 4.74 Å². The molecule has 0 saturated carbocycles. The van der Waals surface area contributed by atoms with Gasteiger partial charge >= 0.3 is 0 Å². The molecule has 19 heavy (non-hydrogen) atoms. The van der Waals surface area contributed by atoms with Gasteiger partial charge in [-0.2, -0.15) is 0 Å². The predicted molar refractivity (Wildman–Crippen MR) is 81.6 cm³/mol. The summed E-state index contributed by atoms with van der Waals surface area (Å²) in [4.78, 5) is 2.36. The molecule has 1 aliphatic heterocycles. The first kappa shape index (κ1) is 14.0. The number of allylic oxidation sites excluding steroid dienone is 1. The predicted octanol–water partition coefficient (Wildman–Crippen LogP) is 4.16. The van der Waals surface area contributed by atoms with Gasteiger partial charge in [-0.05, 0) is 37.5 Å². The minimum atomic E-state index is 0.441.